The molecule has 1 aromatic heterocycles. The Kier molecular flexibility index (Phi) is 3.46. The third kappa shape index (κ3) is 2.70. The maximum Gasteiger partial charge on any atom is 0.312 e. The third-order valence-electron chi connectivity index (χ3n) is 2.13. The molecule has 0 bridgehead atoms. The van der Waals surface area contributed by atoms with Crippen molar-refractivity contribution in [2.45, 2.75) is 46.3 Å². The highest BCUT2D eigenvalue weighted by atomic mass is 16.4. The van der Waals surface area contributed by atoms with Gasteiger partial charge in [0.15, 0.2) is 0 Å². The number of hydrogen-bond acceptors (Lipinski definition) is 5. The first-order valence-corrected chi connectivity index (χ1v) is 4.84. The zero-order valence-corrected chi connectivity index (χ0v) is 9.19. The SMILES string of the molecule is CC(C)N(Cc1nnc(N)o1)C(C)C. The van der Waals surface area contributed by atoms with E-state index in [0.717, 1.165) is 0 Å². The predicted octanol–water partition coefficient (Wildman–Crippen LogP) is 1.27. The first-order valence-electron chi connectivity index (χ1n) is 4.84. The van der Waals surface area contributed by atoms with E-state index in [0.29, 0.717) is 24.5 Å². The fourth-order valence-corrected chi connectivity index (χ4v) is 1.45. The van der Waals surface area contributed by atoms with Crippen LogP contribution in [0.1, 0.15) is 33.6 Å². The second kappa shape index (κ2) is 4.41. The first kappa shape index (κ1) is 11.0. The van der Waals surface area contributed by atoms with Crippen LogP contribution in [0.5, 0.6) is 0 Å². The zero-order valence-electron chi connectivity index (χ0n) is 9.19. The van der Waals surface area contributed by atoms with Gasteiger partial charge in [0.1, 0.15) is 0 Å². The van der Waals surface area contributed by atoms with Crippen molar-refractivity contribution in [2.24, 2.45) is 0 Å². The number of anilines is 1. The molecule has 0 aliphatic rings. The van der Waals surface area contributed by atoms with Crippen molar-refractivity contribution >= 4 is 6.01 Å². The second-order valence-corrected chi connectivity index (χ2v) is 3.89. The van der Waals surface area contributed by atoms with Crippen molar-refractivity contribution in [3.63, 3.8) is 0 Å². The molecule has 0 saturated carbocycles. The highest BCUT2D eigenvalue weighted by Crippen LogP contribution is 2.11. The Morgan fingerprint density at radius 1 is 1.21 bits per heavy atom. The van der Waals surface area contributed by atoms with Crippen molar-refractivity contribution in [3.8, 4) is 0 Å². The first-order chi connectivity index (χ1) is 6.50. The number of nitrogen functional groups attached to an aromatic ring is 1. The average Bonchev–Trinajstić information content (AvgIpc) is 2.46. The van der Waals surface area contributed by atoms with Gasteiger partial charge < -0.3 is 10.2 Å². The molecule has 0 aliphatic heterocycles. The van der Waals surface area contributed by atoms with Crippen LogP contribution in [0.15, 0.2) is 4.42 Å². The van der Waals surface area contributed by atoms with E-state index in [-0.39, 0.29) is 6.01 Å². The van der Waals surface area contributed by atoms with Crippen LogP contribution in [-0.4, -0.2) is 27.2 Å². The van der Waals surface area contributed by atoms with Crippen LogP contribution in [0.2, 0.25) is 0 Å². The third-order valence-corrected chi connectivity index (χ3v) is 2.13. The van der Waals surface area contributed by atoms with Gasteiger partial charge in [0.05, 0.1) is 6.54 Å². The lowest BCUT2D eigenvalue weighted by Crippen LogP contribution is -2.36. The van der Waals surface area contributed by atoms with Gasteiger partial charge in [-0.05, 0) is 27.7 Å². The van der Waals surface area contributed by atoms with Gasteiger partial charge in [-0.15, -0.1) is 5.10 Å². The summed E-state index contributed by atoms with van der Waals surface area (Å²) in [6.07, 6.45) is 0. The summed E-state index contributed by atoms with van der Waals surface area (Å²) in [6, 6.07) is 1.03. The van der Waals surface area contributed by atoms with E-state index >= 15 is 0 Å². The summed E-state index contributed by atoms with van der Waals surface area (Å²) in [5.41, 5.74) is 5.35. The second-order valence-electron chi connectivity index (χ2n) is 3.89. The smallest absolute Gasteiger partial charge is 0.312 e. The number of rotatable bonds is 4. The molecule has 0 aromatic carbocycles. The Morgan fingerprint density at radius 3 is 2.14 bits per heavy atom. The maximum absolute atomic E-state index is 5.35. The van der Waals surface area contributed by atoms with Gasteiger partial charge in [0.2, 0.25) is 5.89 Å². The standard InChI is InChI=1S/C9H18N4O/c1-6(2)13(7(3)4)5-8-11-12-9(10)14-8/h6-7H,5H2,1-4H3,(H2,10,12). The van der Waals surface area contributed by atoms with Crippen LogP contribution < -0.4 is 5.73 Å². The van der Waals surface area contributed by atoms with Crippen LogP contribution in [0, 0.1) is 0 Å². The molecular weight excluding hydrogens is 180 g/mol. The molecule has 14 heavy (non-hydrogen) atoms. The fraction of sp³-hybridized carbons (Fsp3) is 0.778. The monoisotopic (exact) mass is 198 g/mol. The van der Waals surface area contributed by atoms with Crippen LogP contribution in [0.3, 0.4) is 0 Å². The fourth-order valence-electron chi connectivity index (χ4n) is 1.45. The Labute approximate surface area is 84.3 Å². The largest absolute Gasteiger partial charge is 0.407 e. The topological polar surface area (TPSA) is 68.2 Å². The minimum absolute atomic E-state index is 0.132. The van der Waals surface area contributed by atoms with E-state index in [2.05, 4.69) is 42.8 Å². The lowest BCUT2D eigenvalue weighted by atomic mass is 10.2. The van der Waals surface area contributed by atoms with E-state index in [4.69, 9.17) is 10.2 Å². The van der Waals surface area contributed by atoms with Crippen LogP contribution in [0.25, 0.3) is 0 Å². The van der Waals surface area contributed by atoms with Crippen molar-refractivity contribution in [1.82, 2.24) is 15.1 Å². The van der Waals surface area contributed by atoms with E-state index in [9.17, 15) is 0 Å². The molecule has 0 aliphatic carbocycles. The number of nitrogens with two attached hydrogens (primary N) is 1. The minimum Gasteiger partial charge on any atom is -0.407 e. The quantitative estimate of drug-likeness (QED) is 0.789. The molecule has 0 radical (unpaired) electrons. The van der Waals surface area contributed by atoms with Crippen molar-refractivity contribution in [3.05, 3.63) is 5.89 Å². The molecule has 5 heteroatoms. The summed E-state index contributed by atoms with van der Waals surface area (Å²) >= 11 is 0. The van der Waals surface area contributed by atoms with Crippen LogP contribution >= 0.6 is 0 Å². The number of aromatic nitrogens is 2. The molecule has 0 amide bonds. The Bertz CT molecular complexity index is 274. The summed E-state index contributed by atoms with van der Waals surface area (Å²) in [7, 11) is 0. The molecule has 0 spiro atoms. The number of hydrogen-bond donors (Lipinski definition) is 1. The summed E-state index contributed by atoms with van der Waals surface area (Å²) < 4.78 is 5.13. The van der Waals surface area contributed by atoms with Gasteiger partial charge in [0, 0.05) is 12.1 Å². The van der Waals surface area contributed by atoms with Gasteiger partial charge in [-0.2, -0.15) is 0 Å². The van der Waals surface area contributed by atoms with Gasteiger partial charge >= 0.3 is 6.01 Å². The zero-order chi connectivity index (χ0) is 10.7. The molecule has 2 N–H and O–H groups in total. The van der Waals surface area contributed by atoms with E-state index in [1.165, 1.54) is 0 Å². The van der Waals surface area contributed by atoms with Gasteiger partial charge in [-0.1, -0.05) is 5.10 Å². The predicted molar refractivity (Wildman–Crippen MR) is 54.5 cm³/mol. The molecule has 5 nitrogen and oxygen atoms in total. The molecule has 1 rings (SSSR count). The van der Waals surface area contributed by atoms with Crippen molar-refractivity contribution in [1.29, 1.82) is 0 Å². The summed E-state index contributed by atoms with van der Waals surface area (Å²) in [5.74, 6) is 0.574. The Morgan fingerprint density at radius 2 is 1.79 bits per heavy atom. The van der Waals surface area contributed by atoms with Gasteiger partial charge in [-0.25, -0.2) is 0 Å². The van der Waals surface area contributed by atoms with E-state index in [1.54, 1.807) is 0 Å². The van der Waals surface area contributed by atoms with Gasteiger partial charge in [-0.3, -0.25) is 4.90 Å². The lowest BCUT2D eigenvalue weighted by Gasteiger charge is -2.28. The molecule has 80 valence electrons. The number of nitrogens with zero attached hydrogens (tertiary/aromatic N) is 3. The van der Waals surface area contributed by atoms with Gasteiger partial charge in [0.25, 0.3) is 0 Å². The molecule has 1 heterocycles. The molecule has 0 fully saturated rings. The lowest BCUT2D eigenvalue weighted by molar-refractivity contribution is 0.150. The summed E-state index contributed by atoms with van der Waals surface area (Å²) in [4.78, 5) is 2.26. The maximum atomic E-state index is 5.35. The molecule has 0 saturated heterocycles. The van der Waals surface area contributed by atoms with Crippen LogP contribution in [-0.2, 0) is 6.54 Å². The van der Waals surface area contributed by atoms with E-state index < -0.39 is 0 Å². The van der Waals surface area contributed by atoms with E-state index in [1.807, 2.05) is 0 Å². The van der Waals surface area contributed by atoms with Crippen molar-refractivity contribution in [2.75, 3.05) is 5.73 Å². The highest BCUT2D eigenvalue weighted by molar-refractivity contribution is 5.04. The highest BCUT2D eigenvalue weighted by Gasteiger charge is 2.16. The molecule has 1 aromatic rings. The normalized spacial score (nSPS) is 11.9. The molecule has 0 unspecified atom stereocenters. The summed E-state index contributed by atoms with van der Waals surface area (Å²) in [5, 5.41) is 7.46. The molecular formula is C9H18N4O. The van der Waals surface area contributed by atoms with Crippen LogP contribution in [0.4, 0.5) is 6.01 Å². The molecule has 0 atom stereocenters. The minimum atomic E-state index is 0.132. The van der Waals surface area contributed by atoms with Crippen molar-refractivity contribution < 1.29 is 4.42 Å². The Hall–Kier alpha value is -1.10. The average molecular weight is 198 g/mol. The Balaban J connectivity index is 2.64. The summed E-state index contributed by atoms with van der Waals surface area (Å²) in [6.45, 7) is 9.21.